The molecule has 9 rings (SSSR count). The van der Waals surface area contributed by atoms with Gasteiger partial charge in [0.2, 0.25) is 0 Å². The van der Waals surface area contributed by atoms with Gasteiger partial charge in [0, 0.05) is 73.3 Å². The number of hydrogen-bond donors (Lipinski definition) is 2. The van der Waals surface area contributed by atoms with Crippen molar-refractivity contribution in [3.63, 3.8) is 0 Å². The molecule has 8 bridgehead atoms. The van der Waals surface area contributed by atoms with Crippen LogP contribution in [0.15, 0.2) is 18.3 Å². The van der Waals surface area contributed by atoms with Crippen molar-refractivity contribution >= 4 is 35.5 Å². The molecule has 3 N–H and O–H groups in total. The van der Waals surface area contributed by atoms with Gasteiger partial charge in [0.25, 0.3) is 0 Å². The smallest absolute Gasteiger partial charge is 0.410 e. The summed E-state index contributed by atoms with van der Waals surface area (Å²) >= 11 is 5.77. The normalized spacial score (nSPS) is 35.0. The highest BCUT2D eigenvalue weighted by Gasteiger charge is 2.52. The number of nitrogens with two attached hydrogens (primary N) is 1. The quantitative estimate of drug-likeness (QED) is 0.217. The Morgan fingerprint density at radius 3 is 2.04 bits per heavy atom. The molecule has 8 saturated heterocycles. The number of aromatic nitrogens is 1. The zero-order chi connectivity index (χ0) is 39.6. The molecule has 0 aromatic carbocycles. The van der Waals surface area contributed by atoms with Gasteiger partial charge in [-0.1, -0.05) is 17.7 Å². The van der Waals surface area contributed by atoms with Crippen LogP contribution < -0.4 is 11.1 Å². The number of carbonyl (C=O) groups excluding carboxylic acids is 4. The molecule has 0 aliphatic carbocycles. The topological polar surface area (TPSA) is 157 Å². The van der Waals surface area contributed by atoms with Crippen LogP contribution in [0.3, 0.4) is 0 Å². The van der Waals surface area contributed by atoms with Crippen molar-refractivity contribution in [1.29, 1.82) is 0 Å². The Bertz CT molecular complexity index is 1510. The Morgan fingerprint density at radius 1 is 0.891 bits per heavy atom. The van der Waals surface area contributed by atoms with E-state index in [0.29, 0.717) is 47.6 Å². The highest BCUT2D eigenvalue weighted by Crippen LogP contribution is 2.43. The predicted molar refractivity (Wildman–Crippen MR) is 209 cm³/mol. The van der Waals surface area contributed by atoms with E-state index in [1.807, 2.05) is 37.9 Å². The summed E-state index contributed by atoms with van der Waals surface area (Å²) in [5, 5.41) is 4.22. The van der Waals surface area contributed by atoms with Crippen molar-refractivity contribution in [2.75, 3.05) is 20.8 Å². The number of ketones is 1. The fourth-order valence-corrected chi connectivity index (χ4v) is 10.6. The third-order valence-corrected chi connectivity index (χ3v) is 13.3. The maximum absolute atomic E-state index is 11.9. The molecule has 14 heteroatoms. The van der Waals surface area contributed by atoms with Crippen LogP contribution in [-0.2, 0) is 23.8 Å². The number of rotatable bonds is 3. The zero-order valence-electron chi connectivity index (χ0n) is 33.6. The highest BCUT2D eigenvalue weighted by atomic mass is 35.5. The van der Waals surface area contributed by atoms with Gasteiger partial charge in [-0.2, -0.15) is 0 Å². The van der Waals surface area contributed by atoms with Crippen LogP contribution in [0.25, 0.3) is 0 Å². The minimum atomic E-state index is -0.413. The number of pyridine rings is 1. The van der Waals surface area contributed by atoms with Crippen LogP contribution in [0.1, 0.15) is 123 Å². The molecule has 0 saturated carbocycles. The fourth-order valence-electron chi connectivity index (χ4n) is 10.5. The number of carbonyl (C=O) groups is 4. The predicted octanol–water partition coefficient (Wildman–Crippen LogP) is 5.81. The molecule has 9 heterocycles. The molecule has 8 fully saturated rings. The second kappa shape index (κ2) is 17.6. The van der Waals surface area contributed by atoms with E-state index >= 15 is 0 Å². The van der Waals surface area contributed by atoms with E-state index in [9.17, 15) is 19.2 Å². The maximum Gasteiger partial charge on any atom is 0.410 e. The summed E-state index contributed by atoms with van der Waals surface area (Å²) in [6.07, 6.45) is 15.1. The number of hydrogen-bond acceptors (Lipinski definition) is 11. The number of piperidine rings is 1. The van der Waals surface area contributed by atoms with Gasteiger partial charge in [-0.05, 0) is 117 Å². The van der Waals surface area contributed by atoms with E-state index < -0.39 is 5.60 Å². The van der Waals surface area contributed by atoms with Crippen LogP contribution in [0.5, 0.6) is 0 Å². The Hall–Kier alpha value is -3.00. The molecule has 2 amide bonds. The van der Waals surface area contributed by atoms with Crippen LogP contribution in [0.4, 0.5) is 9.59 Å². The summed E-state index contributed by atoms with van der Waals surface area (Å²) in [6, 6.07) is 7.44. The van der Waals surface area contributed by atoms with E-state index in [-0.39, 0.29) is 48.2 Å². The molecule has 10 unspecified atom stereocenters. The first-order chi connectivity index (χ1) is 26.2. The van der Waals surface area contributed by atoms with Crippen molar-refractivity contribution in [3.05, 3.63) is 29.0 Å². The Kier molecular flexibility index (Phi) is 13.4. The lowest BCUT2D eigenvalue weighted by Crippen LogP contribution is -2.43. The Balaban J connectivity index is 0.000000126. The molecular formula is C41H63ClN6O7. The minimum Gasteiger partial charge on any atom is -0.469 e. The first-order valence-electron chi connectivity index (χ1n) is 20.6. The van der Waals surface area contributed by atoms with Crippen LogP contribution in [0.2, 0.25) is 5.15 Å². The molecule has 8 aliphatic heterocycles. The first-order valence-corrected chi connectivity index (χ1v) is 21.0. The van der Waals surface area contributed by atoms with Gasteiger partial charge in [-0.3, -0.25) is 14.5 Å². The maximum atomic E-state index is 11.9. The second-order valence-electron chi connectivity index (χ2n) is 17.7. The highest BCUT2D eigenvalue weighted by molar-refractivity contribution is 6.29. The number of methoxy groups -OCH3 is 1. The minimum absolute atomic E-state index is 0.0171. The summed E-state index contributed by atoms with van der Waals surface area (Å²) < 4.78 is 15.1. The fraction of sp³-hybridized carbons (Fsp3) is 0.780. The number of esters is 1. The van der Waals surface area contributed by atoms with E-state index in [2.05, 4.69) is 28.3 Å². The number of nitrogens with zero attached hydrogens (tertiary/aromatic N) is 4. The molecule has 1 aromatic rings. The molecule has 306 valence electrons. The van der Waals surface area contributed by atoms with Gasteiger partial charge in [-0.25, -0.2) is 14.6 Å². The van der Waals surface area contributed by atoms with Gasteiger partial charge in [0.1, 0.15) is 16.5 Å². The lowest BCUT2D eigenvalue weighted by molar-refractivity contribution is -0.146. The number of nitrogens with one attached hydrogen (secondary N) is 1. The lowest BCUT2D eigenvalue weighted by atomic mass is 9.85. The van der Waals surface area contributed by atoms with Gasteiger partial charge in [-0.15, -0.1) is 0 Å². The second-order valence-corrected chi connectivity index (χ2v) is 18.0. The summed E-state index contributed by atoms with van der Waals surface area (Å²) in [4.78, 5) is 56.3. The number of halogens is 1. The molecule has 0 radical (unpaired) electrons. The van der Waals surface area contributed by atoms with Crippen molar-refractivity contribution < 1.29 is 33.4 Å². The zero-order valence-corrected chi connectivity index (χ0v) is 34.3. The molecule has 13 nitrogen and oxygen atoms in total. The van der Waals surface area contributed by atoms with Gasteiger partial charge in [0.05, 0.1) is 25.7 Å². The number of Topliss-reactive ketones (excluding diaryl/α,β-unsaturated/α-hetero) is 1. The van der Waals surface area contributed by atoms with Gasteiger partial charge in [0.15, 0.2) is 0 Å². The largest absolute Gasteiger partial charge is 0.469 e. The summed E-state index contributed by atoms with van der Waals surface area (Å²) in [6.45, 7) is 7.83. The van der Waals surface area contributed by atoms with Crippen molar-refractivity contribution in [2.24, 2.45) is 11.7 Å². The first kappa shape index (κ1) is 41.6. The Labute approximate surface area is 331 Å². The molecule has 8 aliphatic rings. The van der Waals surface area contributed by atoms with E-state index in [1.54, 1.807) is 11.8 Å². The molecular weight excluding hydrogens is 724 g/mol. The SMILES string of the molecule is CC(C)(C)OC(=O)N1C2CCC1[C@H](N)C2.CCOC(=O)N1C2CCC1C(C(=O)OC)C2.CN1C2CCC1CC(=O)C2.Clc1ccc(C2CC3CCC2N3)cn1. The number of amides is 2. The van der Waals surface area contributed by atoms with Crippen molar-refractivity contribution in [3.8, 4) is 0 Å². The average molecular weight is 787 g/mol. The van der Waals surface area contributed by atoms with E-state index in [4.69, 9.17) is 31.5 Å². The molecule has 1 aromatic heterocycles. The summed E-state index contributed by atoms with van der Waals surface area (Å²) in [7, 11) is 3.54. The van der Waals surface area contributed by atoms with Crippen molar-refractivity contribution in [2.45, 2.75) is 177 Å². The monoisotopic (exact) mass is 786 g/mol. The lowest BCUT2D eigenvalue weighted by Gasteiger charge is -2.29. The summed E-state index contributed by atoms with van der Waals surface area (Å²) in [5.74, 6) is 0.777. The van der Waals surface area contributed by atoms with Crippen LogP contribution >= 0.6 is 11.6 Å². The number of fused-ring (bicyclic) bond motifs is 8. The van der Waals surface area contributed by atoms with Gasteiger partial charge >= 0.3 is 18.2 Å². The summed E-state index contributed by atoms with van der Waals surface area (Å²) in [5.41, 5.74) is 6.89. The molecule has 0 spiro atoms. The van der Waals surface area contributed by atoms with E-state index in [0.717, 1.165) is 57.4 Å². The Morgan fingerprint density at radius 2 is 1.53 bits per heavy atom. The average Bonchev–Trinajstić information content (AvgIpc) is 4.02. The third kappa shape index (κ3) is 9.59. The van der Waals surface area contributed by atoms with Crippen molar-refractivity contribution in [1.82, 2.24) is 25.0 Å². The third-order valence-electron chi connectivity index (χ3n) is 13.1. The standard InChI is InChI=1S/C11H13ClN2.C11H20N2O2.C11H17NO4.C8H13NO/c12-11-4-1-7(6-13-11)9-5-8-2-3-10(9)14-8;1-11(2,3)15-10(14)13-7-4-5-9(13)8(12)6-7;1-3-16-11(14)12-7-4-5-9(12)8(6-7)10(13)15-2;1-9-6-2-3-7(9)5-8(10)4-6/h1,4,6,8-10,14H,2-3,5H2;7-9H,4-6,12H2,1-3H3;7-9H,3-6H2,1-2H3;6-7H,2-5H2,1H3/t;7?,8-,9?;;/m.1../s1. The molecule has 11 atom stereocenters. The number of ether oxygens (including phenoxy) is 3. The van der Waals surface area contributed by atoms with Gasteiger partial charge < -0.3 is 35.1 Å². The van der Waals surface area contributed by atoms with Crippen LogP contribution in [0, 0.1) is 5.92 Å². The van der Waals surface area contributed by atoms with Crippen LogP contribution in [-0.4, -0.2) is 124 Å². The molecule has 55 heavy (non-hydrogen) atoms. The van der Waals surface area contributed by atoms with E-state index in [1.165, 1.54) is 44.8 Å².